The van der Waals surface area contributed by atoms with Crippen molar-refractivity contribution in [3.05, 3.63) is 12.7 Å². The maximum absolute atomic E-state index is 10.2. The molecule has 0 unspecified atom stereocenters. The third-order valence-electron chi connectivity index (χ3n) is 0.717. The van der Waals surface area contributed by atoms with Crippen molar-refractivity contribution < 1.29 is 49.0 Å². The van der Waals surface area contributed by atoms with Crippen molar-refractivity contribution in [3.63, 3.8) is 0 Å². The number of hydrogen-bond acceptors (Lipinski definition) is 4. The second-order valence-electron chi connectivity index (χ2n) is 1.49. The molecule has 0 saturated carbocycles. The van der Waals surface area contributed by atoms with E-state index in [0.717, 1.165) is 6.08 Å². The predicted octanol–water partition coefficient (Wildman–Crippen LogP) is -4.14. The molecule has 5 heteroatoms. The van der Waals surface area contributed by atoms with Gasteiger partial charge in [0.25, 0.3) is 0 Å². The quantitative estimate of drug-likeness (QED) is 0.241. The first-order chi connectivity index (χ1) is 4.66. The van der Waals surface area contributed by atoms with Gasteiger partial charge in [-0.05, 0) is 0 Å². The standard InChI is InChI=1S/C6H8O4.Na/c1-2-6(9)10-4-3-5(7)8;/h2H,1,3-4H2,(H,7,8);/q;+1/p-1. The van der Waals surface area contributed by atoms with Crippen LogP contribution in [0.5, 0.6) is 0 Å². The molecule has 0 amide bonds. The maximum Gasteiger partial charge on any atom is 1.00 e. The molecule has 56 valence electrons. The average molecular weight is 166 g/mol. The summed E-state index contributed by atoms with van der Waals surface area (Å²) in [6.45, 7) is 2.96. The Kier molecular flexibility index (Phi) is 9.40. The molecular formula is C6H7NaO4. The molecule has 0 saturated heterocycles. The van der Waals surface area contributed by atoms with Crippen LogP contribution in [0.25, 0.3) is 0 Å². The summed E-state index contributed by atoms with van der Waals surface area (Å²) in [5.74, 6) is -1.86. The van der Waals surface area contributed by atoms with E-state index in [9.17, 15) is 14.7 Å². The van der Waals surface area contributed by atoms with Crippen LogP contribution < -0.4 is 34.7 Å². The van der Waals surface area contributed by atoms with E-state index in [0.29, 0.717) is 0 Å². The first kappa shape index (κ1) is 13.3. The Labute approximate surface area is 86.5 Å². The SMILES string of the molecule is C=CC(=O)OCCC(=O)[O-].[Na+]. The maximum atomic E-state index is 10.2. The number of rotatable bonds is 4. The van der Waals surface area contributed by atoms with E-state index in [1.807, 2.05) is 0 Å². The van der Waals surface area contributed by atoms with Gasteiger partial charge in [-0.25, -0.2) is 4.79 Å². The van der Waals surface area contributed by atoms with Crippen LogP contribution in [0.2, 0.25) is 0 Å². The van der Waals surface area contributed by atoms with Gasteiger partial charge in [0.1, 0.15) is 0 Å². The third kappa shape index (κ3) is 9.68. The molecule has 0 aliphatic heterocycles. The van der Waals surface area contributed by atoms with Crippen molar-refractivity contribution >= 4 is 11.9 Å². The van der Waals surface area contributed by atoms with Gasteiger partial charge in [-0.1, -0.05) is 6.58 Å². The second-order valence-corrected chi connectivity index (χ2v) is 1.49. The smallest absolute Gasteiger partial charge is 0.550 e. The van der Waals surface area contributed by atoms with Crippen molar-refractivity contribution in [2.45, 2.75) is 6.42 Å². The first-order valence-electron chi connectivity index (χ1n) is 2.66. The van der Waals surface area contributed by atoms with Gasteiger partial charge in [0.15, 0.2) is 0 Å². The fourth-order valence-electron chi connectivity index (χ4n) is 0.294. The zero-order valence-corrected chi connectivity index (χ0v) is 8.33. The molecule has 4 nitrogen and oxygen atoms in total. The van der Waals surface area contributed by atoms with Gasteiger partial charge in [-0.15, -0.1) is 0 Å². The van der Waals surface area contributed by atoms with Crippen LogP contribution in [-0.2, 0) is 14.3 Å². The number of carbonyl (C=O) groups excluding carboxylic acids is 2. The zero-order chi connectivity index (χ0) is 7.98. The van der Waals surface area contributed by atoms with E-state index in [-0.39, 0.29) is 42.6 Å². The van der Waals surface area contributed by atoms with Crippen molar-refractivity contribution in [1.29, 1.82) is 0 Å². The summed E-state index contributed by atoms with van der Waals surface area (Å²) in [4.78, 5) is 20.0. The predicted molar refractivity (Wildman–Crippen MR) is 30.8 cm³/mol. The molecule has 0 heterocycles. The third-order valence-corrected chi connectivity index (χ3v) is 0.717. The molecule has 0 bridgehead atoms. The number of esters is 1. The fraction of sp³-hybridized carbons (Fsp3) is 0.333. The van der Waals surface area contributed by atoms with E-state index in [4.69, 9.17) is 0 Å². The molecule has 0 spiro atoms. The van der Waals surface area contributed by atoms with E-state index in [1.165, 1.54) is 0 Å². The van der Waals surface area contributed by atoms with Gasteiger partial charge in [0.2, 0.25) is 0 Å². The number of carbonyl (C=O) groups is 2. The summed E-state index contributed by atoms with van der Waals surface area (Å²) in [5.41, 5.74) is 0. The minimum atomic E-state index is -1.24. The average Bonchev–Trinajstić information content (AvgIpc) is 1.87. The summed E-state index contributed by atoms with van der Waals surface area (Å²) in [6, 6.07) is 0. The van der Waals surface area contributed by atoms with Gasteiger partial charge in [0, 0.05) is 18.5 Å². The fourth-order valence-corrected chi connectivity index (χ4v) is 0.294. The van der Waals surface area contributed by atoms with Gasteiger partial charge in [0.05, 0.1) is 6.61 Å². The molecule has 0 radical (unpaired) electrons. The Bertz CT molecular complexity index is 155. The number of ether oxygens (including phenoxy) is 1. The van der Waals surface area contributed by atoms with Crippen molar-refractivity contribution in [2.75, 3.05) is 6.61 Å². The molecule has 0 aromatic heterocycles. The molecule has 0 aromatic rings. The zero-order valence-electron chi connectivity index (χ0n) is 6.33. The number of carboxylic acid groups (broad SMARTS) is 1. The molecule has 0 atom stereocenters. The normalized spacial score (nSPS) is 7.64. The van der Waals surface area contributed by atoms with Gasteiger partial charge >= 0.3 is 35.5 Å². The van der Waals surface area contributed by atoms with E-state index >= 15 is 0 Å². The molecule has 0 fully saturated rings. The minimum Gasteiger partial charge on any atom is -0.550 e. The molecule has 0 rings (SSSR count). The Balaban J connectivity index is 0. The summed E-state index contributed by atoms with van der Waals surface area (Å²) in [7, 11) is 0. The van der Waals surface area contributed by atoms with Crippen LogP contribution in [0.4, 0.5) is 0 Å². The van der Waals surface area contributed by atoms with E-state index < -0.39 is 11.9 Å². The van der Waals surface area contributed by atoms with Gasteiger partial charge < -0.3 is 14.6 Å². The number of carboxylic acids is 1. The first-order valence-corrected chi connectivity index (χ1v) is 2.66. The van der Waals surface area contributed by atoms with Crippen LogP contribution in [0, 0.1) is 0 Å². The second kappa shape index (κ2) is 7.78. The summed E-state index contributed by atoms with van der Waals surface area (Å²) in [5, 5.41) is 9.74. The Hall–Kier alpha value is -0.320. The van der Waals surface area contributed by atoms with Crippen LogP contribution >= 0.6 is 0 Å². The number of hydrogen-bond donors (Lipinski definition) is 0. The topological polar surface area (TPSA) is 66.4 Å². The van der Waals surface area contributed by atoms with E-state index in [2.05, 4.69) is 11.3 Å². The van der Waals surface area contributed by atoms with Crippen molar-refractivity contribution in [1.82, 2.24) is 0 Å². The van der Waals surface area contributed by atoms with Crippen LogP contribution in [0.15, 0.2) is 12.7 Å². The van der Waals surface area contributed by atoms with Crippen LogP contribution in [0.1, 0.15) is 6.42 Å². The van der Waals surface area contributed by atoms with Gasteiger partial charge in [-0.3, -0.25) is 0 Å². The molecule has 11 heavy (non-hydrogen) atoms. The molecule has 0 N–H and O–H groups in total. The minimum absolute atomic E-state index is 0. The Morgan fingerprint density at radius 2 is 2.09 bits per heavy atom. The summed E-state index contributed by atoms with van der Waals surface area (Å²) in [6.07, 6.45) is 0.689. The van der Waals surface area contributed by atoms with Gasteiger partial charge in [-0.2, -0.15) is 0 Å². The summed E-state index contributed by atoms with van der Waals surface area (Å²) >= 11 is 0. The molecule has 0 aromatic carbocycles. The van der Waals surface area contributed by atoms with Crippen LogP contribution in [-0.4, -0.2) is 18.5 Å². The monoisotopic (exact) mass is 166 g/mol. The van der Waals surface area contributed by atoms with Crippen LogP contribution in [0.3, 0.4) is 0 Å². The number of aliphatic carboxylic acids is 1. The van der Waals surface area contributed by atoms with Crippen molar-refractivity contribution in [3.8, 4) is 0 Å². The molecule has 0 aliphatic carbocycles. The Morgan fingerprint density at radius 1 is 1.55 bits per heavy atom. The van der Waals surface area contributed by atoms with Crippen molar-refractivity contribution in [2.24, 2.45) is 0 Å². The van der Waals surface area contributed by atoms with E-state index in [1.54, 1.807) is 0 Å². The molecular weight excluding hydrogens is 159 g/mol. The molecule has 0 aliphatic rings. The summed E-state index contributed by atoms with van der Waals surface area (Å²) < 4.78 is 4.32. The Morgan fingerprint density at radius 3 is 2.45 bits per heavy atom. The largest absolute Gasteiger partial charge is 1.00 e.